The van der Waals surface area contributed by atoms with E-state index < -0.39 is 0 Å². The van der Waals surface area contributed by atoms with E-state index in [1.807, 2.05) is 13.0 Å². The number of halogens is 1. The Bertz CT molecular complexity index is 637. The van der Waals surface area contributed by atoms with E-state index in [4.69, 9.17) is 10.5 Å². The van der Waals surface area contributed by atoms with Crippen LogP contribution in [0.1, 0.15) is 17.4 Å². The van der Waals surface area contributed by atoms with E-state index in [-0.39, 0.29) is 5.91 Å². The molecule has 1 aromatic heterocycles. The normalized spacial score (nSPS) is 10.3. The molecule has 0 saturated heterocycles. The summed E-state index contributed by atoms with van der Waals surface area (Å²) in [5.41, 5.74) is 7.50. The fourth-order valence-electron chi connectivity index (χ4n) is 1.92. The van der Waals surface area contributed by atoms with Gasteiger partial charge in [-0.25, -0.2) is 0 Å². The molecule has 3 N–H and O–H groups in total. The summed E-state index contributed by atoms with van der Waals surface area (Å²) in [5.74, 6) is 0.459. The summed E-state index contributed by atoms with van der Waals surface area (Å²) in [5, 5.41) is 2.83. The van der Waals surface area contributed by atoms with Crippen LogP contribution in [0.5, 0.6) is 5.75 Å². The van der Waals surface area contributed by atoms with E-state index >= 15 is 0 Å². The van der Waals surface area contributed by atoms with E-state index in [1.54, 1.807) is 36.1 Å². The van der Waals surface area contributed by atoms with Crippen molar-refractivity contribution in [1.82, 2.24) is 4.57 Å². The number of benzene rings is 1. The van der Waals surface area contributed by atoms with E-state index in [0.29, 0.717) is 29.4 Å². The number of nitrogens with one attached hydrogen (secondary N) is 1. The van der Waals surface area contributed by atoms with Crippen LogP contribution >= 0.6 is 15.9 Å². The number of aromatic nitrogens is 1. The number of hydrogen-bond acceptors (Lipinski definition) is 3. The van der Waals surface area contributed by atoms with Crippen LogP contribution in [0.4, 0.5) is 11.4 Å². The van der Waals surface area contributed by atoms with Crippen molar-refractivity contribution in [2.24, 2.45) is 0 Å². The average molecular weight is 338 g/mol. The second kappa shape index (κ2) is 6.00. The Morgan fingerprint density at radius 1 is 1.45 bits per heavy atom. The van der Waals surface area contributed by atoms with Gasteiger partial charge in [-0.3, -0.25) is 4.79 Å². The summed E-state index contributed by atoms with van der Waals surface area (Å²) >= 11 is 3.37. The largest absolute Gasteiger partial charge is 0.495 e. The summed E-state index contributed by atoms with van der Waals surface area (Å²) in [6, 6.07) is 7.04. The SMILES string of the molecule is CCn1cc(N)cc1C(=O)Nc1ccc(Br)c(OC)c1. The number of hydrogen-bond donors (Lipinski definition) is 2. The number of carbonyl (C=O) groups excluding carboxylic acids is 1. The number of anilines is 2. The number of rotatable bonds is 4. The molecular weight excluding hydrogens is 322 g/mol. The van der Waals surface area contributed by atoms with Crippen molar-refractivity contribution in [2.45, 2.75) is 13.5 Å². The second-order valence-corrected chi connectivity index (χ2v) is 5.10. The van der Waals surface area contributed by atoms with Crippen LogP contribution in [0.25, 0.3) is 0 Å². The van der Waals surface area contributed by atoms with Gasteiger partial charge in [-0.15, -0.1) is 0 Å². The molecule has 0 radical (unpaired) electrons. The summed E-state index contributed by atoms with van der Waals surface area (Å²) in [7, 11) is 1.58. The number of methoxy groups -OCH3 is 1. The van der Waals surface area contributed by atoms with E-state index in [0.717, 1.165) is 4.47 Å². The van der Waals surface area contributed by atoms with E-state index in [2.05, 4.69) is 21.2 Å². The first kappa shape index (κ1) is 14.5. The molecule has 2 rings (SSSR count). The molecule has 0 spiro atoms. The first-order chi connectivity index (χ1) is 9.55. The highest BCUT2D eigenvalue weighted by atomic mass is 79.9. The van der Waals surface area contributed by atoms with Gasteiger partial charge in [0.05, 0.1) is 17.3 Å². The lowest BCUT2D eigenvalue weighted by Gasteiger charge is -2.09. The van der Waals surface area contributed by atoms with Crippen molar-refractivity contribution >= 4 is 33.2 Å². The van der Waals surface area contributed by atoms with Gasteiger partial charge in [-0.2, -0.15) is 0 Å². The number of amides is 1. The molecule has 0 fully saturated rings. The van der Waals surface area contributed by atoms with E-state index in [1.165, 1.54) is 0 Å². The van der Waals surface area contributed by atoms with Gasteiger partial charge in [0.25, 0.3) is 5.91 Å². The third-order valence-electron chi connectivity index (χ3n) is 2.90. The van der Waals surface area contributed by atoms with Gasteiger partial charge in [-0.1, -0.05) is 0 Å². The lowest BCUT2D eigenvalue weighted by Crippen LogP contribution is -2.16. The van der Waals surface area contributed by atoms with Crippen molar-refractivity contribution in [3.8, 4) is 5.75 Å². The third kappa shape index (κ3) is 2.96. The smallest absolute Gasteiger partial charge is 0.272 e. The number of aryl methyl sites for hydroxylation is 1. The maximum atomic E-state index is 12.3. The molecular formula is C14H16BrN3O2. The highest BCUT2D eigenvalue weighted by Gasteiger charge is 2.13. The van der Waals surface area contributed by atoms with Gasteiger partial charge < -0.3 is 20.4 Å². The Hall–Kier alpha value is -1.95. The summed E-state index contributed by atoms with van der Waals surface area (Å²) in [6.07, 6.45) is 1.75. The quantitative estimate of drug-likeness (QED) is 0.900. The lowest BCUT2D eigenvalue weighted by atomic mass is 10.3. The predicted molar refractivity (Wildman–Crippen MR) is 83.2 cm³/mol. The number of nitrogens with two attached hydrogens (primary N) is 1. The summed E-state index contributed by atoms with van der Waals surface area (Å²) in [4.78, 5) is 12.3. The highest BCUT2D eigenvalue weighted by Crippen LogP contribution is 2.28. The molecule has 0 bridgehead atoms. The van der Waals surface area contributed by atoms with Crippen molar-refractivity contribution in [3.05, 3.63) is 40.6 Å². The Morgan fingerprint density at radius 3 is 2.85 bits per heavy atom. The van der Waals surface area contributed by atoms with E-state index in [9.17, 15) is 4.79 Å². The monoisotopic (exact) mass is 337 g/mol. The Kier molecular flexibility index (Phi) is 4.34. The minimum Gasteiger partial charge on any atom is -0.495 e. The van der Waals surface area contributed by atoms with Gasteiger partial charge in [-0.05, 0) is 41.1 Å². The average Bonchev–Trinajstić information content (AvgIpc) is 2.82. The molecule has 0 aliphatic heterocycles. The van der Waals surface area contributed by atoms with Crippen LogP contribution in [0, 0.1) is 0 Å². The van der Waals surface area contributed by atoms with Crippen molar-refractivity contribution in [3.63, 3.8) is 0 Å². The van der Waals surface area contributed by atoms with Crippen LogP contribution in [0.15, 0.2) is 34.9 Å². The van der Waals surface area contributed by atoms with Gasteiger partial charge in [0.15, 0.2) is 0 Å². The van der Waals surface area contributed by atoms with Crippen molar-refractivity contribution < 1.29 is 9.53 Å². The molecule has 0 saturated carbocycles. The molecule has 0 aliphatic rings. The third-order valence-corrected chi connectivity index (χ3v) is 3.56. The fourth-order valence-corrected chi connectivity index (χ4v) is 2.33. The summed E-state index contributed by atoms with van der Waals surface area (Å²) in [6.45, 7) is 2.64. The number of ether oxygens (including phenoxy) is 1. The molecule has 1 aromatic carbocycles. The molecule has 0 atom stereocenters. The molecule has 2 aromatic rings. The predicted octanol–water partition coefficient (Wildman–Crippen LogP) is 3.11. The minimum atomic E-state index is -0.201. The number of carbonyl (C=O) groups is 1. The van der Waals surface area contributed by atoms with Crippen LogP contribution in [-0.2, 0) is 6.54 Å². The highest BCUT2D eigenvalue weighted by molar-refractivity contribution is 9.10. The molecule has 6 heteroatoms. The second-order valence-electron chi connectivity index (χ2n) is 4.25. The zero-order chi connectivity index (χ0) is 14.7. The van der Waals surface area contributed by atoms with Gasteiger partial charge in [0.2, 0.25) is 0 Å². The van der Waals surface area contributed by atoms with Crippen LogP contribution in [0.3, 0.4) is 0 Å². The molecule has 1 amide bonds. The Balaban J connectivity index is 2.23. The zero-order valence-corrected chi connectivity index (χ0v) is 12.9. The van der Waals surface area contributed by atoms with Gasteiger partial charge in [0, 0.05) is 24.5 Å². The van der Waals surface area contributed by atoms with Crippen LogP contribution in [-0.4, -0.2) is 17.6 Å². The summed E-state index contributed by atoms with van der Waals surface area (Å²) < 4.78 is 7.84. The maximum Gasteiger partial charge on any atom is 0.272 e. The first-order valence-electron chi connectivity index (χ1n) is 6.15. The van der Waals surface area contributed by atoms with Crippen LogP contribution < -0.4 is 15.8 Å². The molecule has 1 heterocycles. The minimum absolute atomic E-state index is 0.201. The molecule has 0 aliphatic carbocycles. The number of nitrogens with zero attached hydrogens (tertiary/aromatic N) is 1. The maximum absolute atomic E-state index is 12.3. The standard InChI is InChI=1S/C14H16BrN3O2/c1-3-18-8-9(16)6-12(18)14(19)17-10-4-5-11(15)13(7-10)20-2/h4-8H,3,16H2,1-2H3,(H,17,19). The molecule has 106 valence electrons. The molecule has 5 nitrogen and oxygen atoms in total. The number of nitrogen functional groups attached to an aromatic ring is 1. The lowest BCUT2D eigenvalue weighted by molar-refractivity contribution is 0.101. The Labute approximate surface area is 125 Å². The van der Waals surface area contributed by atoms with Gasteiger partial charge in [0.1, 0.15) is 11.4 Å². The van der Waals surface area contributed by atoms with Crippen molar-refractivity contribution in [2.75, 3.05) is 18.2 Å². The zero-order valence-electron chi connectivity index (χ0n) is 11.3. The first-order valence-corrected chi connectivity index (χ1v) is 6.95. The molecule has 20 heavy (non-hydrogen) atoms. The molecule has 0 unspecified atom stereocenters. The Morgan fingerprint density at radius 2 is 2.20 bits per heavy atom. The van der Waals surface area contributed by atoms with Gasteiger partial charge >= 0.3 is 0 Å². The fraction of sp³-hybridized carbons (Fsp3) is 0.214. The van der Waals surface area contributed by atoms with Crippen molar-refractivity contribution in [1.29, 1.82) is 0 Å². The topological polar surface area (TPSA) is 69.3 Å². The van der Waals surface area contributed by atoms with Crippen LogP contribution in [0.2, 0.25) is 0 Å².